The van der Waals surface area contributed by atoms with E-state index in [2.05, 4.69) is 10.3 Å². The Labute approximate surface area is 148 Å². The lowest BCUT2D eigenvalue weighted by molar-refractivity contribution is -0.186. The van der Waals surface area contributed by atoms with Gasteiger partial charge in [-0.25, -0.2) is 4.79 Å². The lowest BCUT2D eigenvalue weighted by atomic mass is 9.79. The van der Waals surface area contributed by atoms with Gasteiger partial charge in [0.05, 0.1) is 30.1 Å². The molecular formula is C18H29N3O4. The van der Waals surface area contributed by atoms with Crippen LogP contribution < -0.4 is 11.1 Å². The number of ether oxygens (including phenoxy) is 2. The van der Waals surface area contributed by atoms with Crippen LogP contribution in [0, 0.1) is 0 Å². The molecule has 0 spiro atoms. The predicted molar refractivity (Wildman–Crippen MR) is 95.0 cm³/mol. The number of nitrogens with one attached hydrogen (secondary N) is 1. The molecule has 0 unspecified atom stereocenters. The number of carbonyl (C=O) groups is 1. The number of hydrogen-bond acceptors (Lipinski definition) is 6. The SMILES string of the molecule is CC[C@@]1(O)[C@@H](NC(=O)OC(C)(C)C)C[C@@H](c2ccncc2N)O[C@H]1C. The van der Waals surface area contributed by atoms with Crippen LogP contribution in [0.15, 0.2) is 18.5 Å². The third-order valence-electron chi connectivity index (χ3n) is 4.62. The van der Waals surface area contributed by atoms with Crippen molar-refractivity contribution in [1.82, 2.24) is 10.3 Å². The van der Waals surface area contributed by atoms with E-state index in [-0.39, 0.29) is 6.10 Å². The molecule has 4 N–H and O–H groups in total. The zero-order chi connectivity index (χ0) is 18.8. The number of anilines is 1. The molecule has 1 aromatic rings. The van der Waals surface area contributed by atoms with Crippen molar-refractivity contribution in [1.29, 1.82) is 0 Å². The second kappa shape index (κ2) is 7.17. The number of aliphatic hydroxyl groups is 1. The van der Waals surface area contributed by atoms with Gasteiger partial charge in [-0.15, -0.1) is 0 Å². The molecule has 0 aromatic carbocycles. The fraction of sp³-hybridized carbons (Fsp3) is 0.667. The number of nitrogens with two attached hydrogens (primary N) is 1. The highest BCUT2D eigenvalue weighted by molar-refractivity contribution is 5.68. The van der Waals surface area contributed by atoms with E-state index in [0.29, 0.717) is 18.5 Å². The van der Waals surface area contributed by atoms with Crippen LogP contribution in [0.5, 0.6) is 0 Å². The summed E-state index contributed by atoms with van der Waals surface area (Å²) in [6.45, 7) is 9.06. The molecule has 7 heteroatoms. The zero-order valence-electron chi connectivity index (χ0n) is 15.6. The Balaban J connectivity index is 2.23. The monoisotopic (exact) mass is 351 g/mol. The maximum Gasteiger partial charge on any atom is 0.407 e. The van der Waals surface area contributed by atoms with Crippen molar-refractivity contribution < 1.29 is 19.4 Å². The molecule has 4 atom stereocenters. The molecule has 0 aliphatic carbocycles. The molecule has 0 radical (unpaired) electrons. The van der Waals surface area contributed by atoms with E-state index in [4.69, 9.17) is 15.2 Å². The second-order valence-electron chi connectivity index (χ2n) is 7.55. The molecule has 0 saturated carbocycles. The van der Waals surface area contributed by atoms with Crippen LogP contribution in [0.4, 0.5) is 10.5 Å². The highest BCUT2D eigenvalue weighted by Crippen LogP contribution is 2.40. The van der Waals surface area contributed by atoms with Gasteiger partial charge in [-0.2, -0.15) is 0 Å². The van der Waals surface area contributed by atoms with Crippen LogP contribution in [0.1, 0.15) is 59.1 Å². The van der Waals surface area contributed by atoms with E-state index in [1.807, 2.05) is 6.92 Å². The molecule has 1 aromatic heterocycles. The van der Waals surface area contributed by atoms with Crippen molar-refractivity contribution in [2.75, 3.05) is 5.73 Å². The Bertz CT molecular complexity index is 617. The van der Waals surface area contributed by atoms with Gasteiger partial charge in [-0.1, -0.05) is 6.92 Å². The molecule has 2 heterocycles. The van der Waals surface area contributed by atoms with Gasteiger partial charge >= 0.3 is 6.09 Å². The van der Waals surface area contributed by atoms with E-state index in [9.17, 15) is 9.90 Å². The van der Waals surface area contributed by atoms with Crippen LogP contribution >= 0.6 is 0 Å². The maximum atomic E-state index is 12.2. The fourth-order valence-electron chi connectivity index (χ4n) is 3.20. The molecule has 25 heavy (non-hydrogen) atoms. The smallest absolute Gasteiger partial charge is 0.407 e. The topological polar surface area (TPSA) is 107 Å². The maximum absolute atomic E-state index is 12.2. The first-order chi connectivity index (χ1) is 11.6. The lowest BCUT2D eigenvalue weighted by Gasteiger charge is -2.47. The van der Waals surface area contributed by atoms with Crippen LogP contribution in [-0.2, 0) is 9.47 Å². The van der Waals surface area contributed by atoms with Crippen LogP contribution in [-0.4, -0.2) is 39.5 Å². The summed E-state index contributed by atoms with van der Waals surface area (Å²) >= 11 is 0. The standard InChI is InChI=1S/C18H29N3O4/c1-6-18(23)11(2)24-14(12-7-8-20-10-13(12)19)9-15(18)21-16(22)25-17(3,4)5/h7-8,10-11,14-15,23H,6,9,19H2,1-5H3,(H,21,22)/t11-,14-,15-,18-/m0/s1. The largest absolute Gasteiger partial charge is 0.444 e. The van der Waals surface area contributed by atoms with Crippen molar-refractivity contribution in [3.05, 3.63) is 24.0 Å². The fourth-order valence-corrected chi connectivity index (χ4v) is 3.20. The summed E-state index contributed by atoms with van der Waals surface area (Å²) in [5.74, 6) is 0. The molecule has 1 amide bonds. The van der Waals surface area contributed by atoms with Gasteiger partial charge < -0.3 is 25.6 Å². The number of nitrogen functional groups attached to an aromatic ring is 1. The van der Waals surface area contributed by atoms with Crippen LogP contribution in [0.2, 0.25) is 0 Å². The summed E-state index contributed by atoms with van der Waals surface area (Å²) < 4.78 is 11.4. The number of pyridine rings is 1. The van der Waals surface area contributed by atoms with E-state index in [0.717, 1.165) is 5.56 Å². The number of amides is 1. The third kappa shape index (κ3) is 4.41. The van der Waals surface area contributed by atoms with Crippen LogP contribution in [0.25, 0.3) is 0 Å². The van der Waals surface area contributed by atoms with Gasteiger partial charge in [0.1, 0.15) is 11.2 Å². The summed E-state index contributed by atoms with van der Waals surface area (Å²) in [6, 6.07) is 1.28. The first-order valence-corrected chi connectivity index (χ1v) is 8.63. The minimum atomic E-state index is -1.19. The lowest BCUT2D eigenvalue weighted by Crippen LogP contribution is -2.62. The summed E-state index contributed by atoms with van der Waals surface area (Å²) in [7, 11) is 0. The Morgan fingerprint density at radius 1 is 1.56 bits per heavy atom. The molecule has 1 saturated heterocycles. The summed E-state index contributed by atoms with van der Waals surface area (Å²) in [6.07, 6.45) is 2.67. The number of aromatic nitrogens is 1. The highest BCUT2D eigenvalue weighted by atomic mass is 16.6. The molecular weight excluding hydrogens is 322 g/mol. The molecule has 1 aliphatic heterocycles. The third-order valence-corrected chi connectivity index (χ3v) is 4.62. The molecule has 0 bridgehead atoms. The molecule has 2 rings (SSSR count). The number of hydrogen-bond donors (Lipinski definition) is 3. The molecule has 7 nitrogen and oxygen atoms in total. The Hall–Kier alpha value is -1.86. The minimum absolute atomic E-state index is 0.343. The molecule has 1 fully saturated rings. The number of nitrogens with zero attached hydrogens (tertiary/aromatic N) is 1. The summed E-state index contributed by atoms with van der Waals surface area (Å²) in [5, 5.41) is 13.9. The summed E-state index contributed by atoms with van der Waals surface area (Å²) in [4.78, 5) is 16.2. The van der Waals surface area contributed by atoms with Gasteiger partial charge in [0.2, 0.25) is 0 Å². The van der Waals surface area contributed by atoms with Crippen molar-refractivity contribution in [3.8, 4) is 0 Å². The zero-order valence-corrected chi connectivity index (χ0v) is 15.6. The Morgan fingerprint density at radius 2 is 2.24 bits per heavy atom. The van der Waals surface area contributed by atoms with E-state index < -0.39 is 29.4 Å². The van der Waals surface area contributed by atoms with Crippen molar-refractivity contribution in [3.63, 3.8) is 0 Å². The van der Waals surface area contributed by atoms with Crippen molar-refractivity contribution in [2.45, 2.75) is 76.9 Å². The first-order valence-electron chi connectivity index (χ1n) is 8.63. The predicted octanol–water partition coefficient (Wildman–Crippen LogP) is 2.55. The van der Waals surface area contributed by atoms with Gasteiger partial charge in [0.15, 0.2) is 0 Å². The van der Waals surface area contributed by atoms with Crippen LogP contribution in [0.3, 0.4) is 0 Å². The van der Waals surface area contributed by atoms with Gasteiger partial charge in [0, 0.05) is 18.2 Å². The number of rotatable bonds is 3. The molecule has 1 aliphatic rings. The van der Waals surface area contributed by atoms with Gasteiger partial charge in [0.25, 0.3) is 0 Å². The van der Waals surface area contributed by atoms with E-state index in [1.54, 1.807) is 46.2 Å². The van der Waals surface area contributed by atoms with E-state index >= 15 is 0 Å². The van der Waals surface area contributed by atoms with Gasteiger partial charge in [-0.05, 0) is 40.2 Å². The summed E-state index contributed by atoms with van der Waals surface area (Å²) in [5.41, 5.74) is 5.54. The second-order valence-corrected chi connectivity index (χ2v) is 7.55. The molecule has 140 valence electrons. The quantitative estimate of drug-likeness (QED) is 0.772. The Morgan fingerprint density at radius 3 is 2.80 bits per heavy atom. The minimum Gasteiger partial charge on any atom is -0.444 e. The van der Waals surface area contributed by atoms with E-state index in [1.165, 1.54) is 0 Å². The van der Waals surface area contributed by atoms with Gasteiger partial charge in [-0.3, -0.25) is 4.98 Å². The average molecular weight is 351 g/mol. The number of carbonyl (C=O) groups excluding carboxylic acids is 1. The number of alkyl carbamates (subject to hydrolysis) is 1. The highest BCUT2D eigenvalue weighted by Gasteiger charge is 2.48. The normalized spacial score (nSPS) is 29.9. The first kappa shape index (κ1) is 19.5. The van der Waals surface area contributed by atoms with Crippen molar-refractivity contribution in [2.24, 2.45) is 0 Å². The Kier molecular flexibility index (Phi) is 5.58. The van der Waals surface area contributed by atoms with Crippen molar-refractivity contribution >= 4 is 11.8 Å². The average Bonchev–Trinajstić information content (AvgIpc) is 2.50.